The summed E-state index contributed by atoms with van der Waals surface area (Å²) in [4.78, 5) is 0. The Morgan fingerprint density at radius 1 is 0.632 bits per heavy atom. The molecule has 0 aliphatic heterocycles. The fourth-order valence-electron chi connectivity index (χ4n) is 2.17. The number of hydrogen-bond donors (Lipinski definition) is 0. The van der Waals surface area contributed by atoms with Crippen LogP contribution in [-0.4, -0.2) is 0 Å². The van der Waals surface area contributed by atoms with Gasteiger partial charge < -0.3 is 0 Å². The maximum atomic E-state index is 2.45. The van der Waals surface area contributed by atoms with E-state index < -0.39 is 0 Å². The molecule has 0 nitrogen and oxygen atoms in total. The van der Waals surface area contributed by atoms with Crippen molar-refractivity contribution < 1.29 is 0 Å². The van der Waals surface area contributed by atoms with E-state index in [-0.39, 0.29) is 15.1 Å². The van der Waals surface area contributed by atoms with Gasteiger partial charge in [-0.2, -0.15) is 0 Å². The molecule has 3 heterocycles. The van der Waals surface area contributed by atoms with Crippen LogP contribution < -0.4 is 0 Å². The van der Waals surface area contributed by atoms with Crippen molar-refractivity contribution in [1.29, 1.82) is 0 Å². The van der Waals surface area contributed by atoms with E-state index in [2.05, 4.69) is 63.0 Å². The summed E-state index contributed by atoms with van der Waals surface area (Å²) < 4.78 is 3.10. The maximum Gasteiger partial charge on any atom is 0.0510 e. The predicted molar refractivity (Wildman–Crippen MR) is 91.4 cm³/mol. The molecule has 3 aromatic heterocycles. The number of thiophene rings is 1. The van der Waals surface area contributed by atoms with Crippen molar-refractivity contribution in [3.63, 3.8) is 0 Å². The average Bonchev–Trinajstić information content (AvgIpc) is 3.03. The molecule has 0 aliphatic rings. The highest BCUT2D eigenvalue weighted by Crippen LogP contribution is 2.53. The van der Waals surface area contributed by atoms with Gasteiger partial charge in [0.2, 0.25) is 0 Å². The summed E-state index contributed by atoms with van der Waals surface area (Å²) in [6.45, 7) is 8.90. The second-order valence-electron chi connectivity index (χ2n) is 5.17. The lowest BCUT2D eigenvalue weighted by Crippen LogP contribution is -1.63. The van der Waals surface area contributed by atoms with Gasteiger partial charge in [-0.05, 0) is 85.3 Å². The Labute approximate surface area is 121 Å². The first-order valence-electron chi connectivity index (χ1n) is 6.45. The Morgan fingerprint density at radius 2 is 0.947 bits per heavy atom. The van der Waals surface area contributed by atoms with Crippen LogP contribution >= 0.6 is 26.4 Å². The van der Waals surface area contributed by atoms with E-state index in [1.54, 1.807) is 9.24 Å². The molecule has 98 valence electrons. The Bertz CT molecular complexity index is 628. The second-order valence-corrected chi connectivity index (χ2v) is 10.5. The SMILES string of the molecule is Cc1cp(-c2ccc(-p3cc(C)c(C)c3)s2)cc1C. The van der Waals surface area contributed by atoms with Gasteiger partial charge in [0.15, 0.2) is 0 Å². The summed E-state index contributed by atoms with van der Waals surface area (Å²) >= 11 is 2.01. The van der Waals surface area contributed by atoms with E-state index in [9.17, 15) is 0 Å². The van der Waals surface area contributed by atoms with Gasteiger partial charge in [-0.3, -0.25) is 0 Å². The van der Waals surface area contributed by atoms with Crippen molar-refractivity contribution in [2.24, 2.45) is 0 Å². The van der Waals surface area contributed by atoms with Gasteiger partial charge >= 0.3 is 0 Å². The molecule has 19 heavy (non-hydrogen) atoms. The highest BCUT2D eigenvalue weighted by Gasteiger charge is 2.08. The zero-order valence-corrected chi connectivity index (χ0v) is 14.4. The lowest BCUT2D eigenvalue weighted by molar-refractivity contribution is 1.41. The quantitative estimate of drug-likeness (QED) is 0.481. The predicted octanol–water partition coefficient (Wildman–Crippen LogP) is 6.93. The highest BCUT2D eigenvalue weighted by molar-refractivity contribution is 7.69. The zero-order chi connectivity index (χ0) is 13.6. The highest BCUT2D eigenvalue weighted by atomic mass is 32.1. The zero-order valence-electron chi connectivity index (χ0n) is 11.8. The largest absolute Gasteiger partial charge is 0.127 e. The van der Waals surface area contributed by atoms with Crippen molar-refractivity contribution in [3.8, 4) is 9.24 Å². The van der Waals surface area contributed by atoms with Crippen molar-refractivity contribution in [2.75, 3.05) is 0 Å². The third-order valence-corrected chi connectivity index (χ3v) is 10.1. The van der Waals surface area contributed by atoms with Crippen LogP contribution in [0.1, 0.15) is 22.3 Å². The van der Waals surface area contributed by atoms with Crippen LogP contribution in [0.15, 0.2) is 35.3 Å². The van der Waals surface area contributed by atoms with Crippen molar-refractivity contribution >= 4 is 26.4 Å². The minimum absolute atomic E-state index is 0.171. The normalized spacial score (nSPS) is 11.2. The molecule has 3 rings (SSSR count). The number of hydrogen-bond acceptors (Lipinski definition) is 1. The molecule has 0 saturated carbocycles. The van der Waals surface area contributed by atoms with E-state index in [1.165, 1.54) is 22.3 Å². The number of aryl methyl sites for hydroxylation is 4. The molecule has 0 bridgehead atoms. The maximum absolute atomic E-state index is 2.45. The van der Waals surface area contributed by atoms with Crippen LogP contribution in [0.25, 0.3) is 9.24 Å². The summed E-state index contributed by atoms with van der Waals surface area (Å²) in [5.41, 5.74) is 5.83. The summed E-state index contributed by atoms with van der Waals surface area (Å²) in [6.07, 6.45) is 0. The molecular formula is C16H18P2S. The summed E-state index contributed by atoms with van der Waals surface area (Å²) in [5, 5.41) is 0. The third kappa shape index (κ3) is 2.48. The molecule has 0 fully saturated rings. The topological polar surface area (TPSA) is 0 Å². The Hall–Kier alpha value is -0.740. The molecule has 0 aromatic carbocycles. The molecule has 3 aromatic rings. The lowest BCUT2D eigenvalue weighted by atomic mass is 10.2. The van der Waals surface area contributed by atoms with Crippen molar-refractivity contribution in [1.82, 2.24) is 0 Å². The molecule has 0 unspecified atom stereocenters. The van der Waals surface area contributed by atoms with Gasteiger partial charge in [0.05, 0.1) is 9.24 Å². The Balaban J connectivity index is 1.99. The number of rotatable bonds is 2. The molecule has 0 N–H and O–H groups in total. The van der Waals surface area contributed by atoms with Crippen LogP contribution in [0.2, 0.25) is 0 Å². The van der Waals surface area contributed by atoms with Crippen LogP contribution in [0.4, 0.5) is 0 Å². The monoisotopic (exact) mass is 304 g/mol. The summed E-state index contributed by atoms with van der Waals surface area (Å²) in [5.74, 6) is 9.80. The third-order valence-electron chi connectivity index (χ3n) is 3.66. The molecule has 0 saturated heterocycles. The van der Waals surface area contributed by atoms with E-state index in [0.717, 1.165) is 0 Å². The van der Waals surface area contributed by atoms with E-state index in [4.69, 9.17) is 0 Å². The average molecular weight is 304 g/mol. The van der Waals surface area contributed by atoms with E-state index in [0.29, 0.717) is 0 Å². The first-order chi connectivity index (χ1) is 9.04. The van der Waals surface area contributed by atoms with Crippen LogP contribution in [-0.2, 0) is 0 Å². The standard InChI is InChI=1S/C16H18P2S/c1-11-7-17(8-12(11)2)15-5-6-16(19-15)18-9-13(3)14(4)10-18/h5-10H,1-4H3. The molecule has 0 spiro atoms. The minimum atomic E-state index is -0.171. The van der Waals surface area contributed by atoms with Crippen LogP contribution in [0.5, 0.6) is 0 Å². The second kappa shape index (κ2) is 4.98. The smallest absolute Gasteiger partial charge is 0.0510 e. The molecule has 0 amide bonds. The minimum Gasteiger partial charge on any atom is -0.127 e. The first kappa shape index (κ1) is 13.3. The Morgan fingerprint density at radius 3 is 1.26 bits per heavy atom. The Kier molecular flexibility index (Phi) is 3.48. The molecule has 0 atom stereocenters. The molecule has 0 radical (unpaired) electrons. The van der Waals surface area contributed by atoms with Gasteiger partial charge in [-0.25, -0.2) is 0 Å². The van der Waals surface area contributed by atoms with Crippen LogP contribution in [0.3, 0.4) is 0 Å². The first-order valence-corrected chi connectivity index (χ1v) is 10.2. The van der Waals surface area contributed by atoms with Gasteiger partial charge in [0.1, 0.15) is 0 Å². The van der Waals surface area contributed by atoms with E-state index >= 15 is 0 Å². The summed E-state index contributed by atoms with van der Waals surface area (Å²) in [6, 6.07) is 4.69. The van der Waals surface area contributed by atoms with Crippen molar-refractivity contribution in [2.45, 2.75) is 27.7 Å². The lowest BCUT2D eigenvalue weighted by Gasteiger charge is -1.93. The summed E-state index contributed by atoms with van der Waals surface area (Å²) in [7, 11) is -0.342. The fraction of sp³-hybridized carbons (Fsp3) is 0.250. The fourth-order valence-corrected chi connectivity index (χ4v) is 8.57. The van der Waals surface area contributed by atoms with Crippen molar-refractivity contribution in [3.05, 3.63) is 57.6 Å². The molecule has 0 aliphatic carbocycles. The molecule has 3 heteroatoms. The van der Waals surface area contributed by atoms with Gasteiger partial charge in [-0.15, -0.1) is 11.3 Å². The van der Waals surface area contributed by atoms with Gasteiger partial charge in [0, 0.05) is 0 Å². The van der Waals surface area contributed by atoms with E-state index in [1.807, 2.05) is 11.3 Å². The van der Waals surface area contributed by atoms with Gasteiger partial charge in [-0.1, -0.05) is 15.1 Å². The van der Waals surface area contributed by atoms with Gasteiger partial charge in [0.25, 0.3) is 0 Å². The molecular weight excluding hydrogens is 286 g/mol. The van der Waals surface area contributed by atoms with Crippen LogP contribution in [0, 0.1) is 27.7 Å².